The van der Waals surface area contributed by atoms with E-state index in [0.717, 1.165) is 11.1 Å². The van der Waals surface area contributed by atoms with Crippen LogP contribution in [-0.4, -0.2) is 27.1 Å². The molecule has 0 aromatic heterocycles. The van der Waals surface area contributed by atoms with Gasteiger partial charge in [0.1, 0.15) is 0 Å². The normalized spacial score (nSPS) is 10.6. The average molecular weight is 312 g/mol. The van der Waals surface area contributed by atoms with Crippen LogP contribution in [0, 0.1) is 6.92 Å². The van der Waals surface area contributed by atoms with E-state index in [1.807, 2.05) is 31.2 Å². The molecule has 23 heavy (non-hydrogen) atoms. The van der Waals surface area contributed by atoms with Gasteiger partial charge in [0, 0.05) is 5.56 Å². The quantitative estimate of drug-likeness (QED) is 0.599. The van der Waals surface area contributed by atoms with Gasteiger partial charge in [-0.05, 0) is 30.7 Å². The van der Waals surface area contributed by atoms with Crippen LogP contribution in [-0.2, 0) is 0 Å². The molecule has 0 aliphatic rings. The van der Waals surface area contributed by atoms with E-state index in [0.29, 0.717) is 22.8 Å². The van der Waals surface area contributed by atoms with E-state index < -0.39 is 0 Å². The number of rotatable bonds is 6. The number of carbonyl (C=O) groups excluding carboxylic acids is 1. The number of carbonyl (C=O) groups is 1. The molecule has 2 rings (SSSR count). The second-order valence-electron chi connectivity index (χ2n) is 5.02. The molecule has 0 saturated heterocycles. The summed E-state index contributed by atoms with van der Waals surface area (Å²) in [5, 5.41) is 0. The average Bonchev–Trinajstić information content (AvgIpc) is 2.59. The Hall–Kier alpha value is -2.75. The molecule has 2 aromatic carbocycles. The molecule has 120 valence electrons. The van der Waals surface area contributed by atoms with Crippen LogP contribution in [0.4, 0.5) is 0 Å². The molecular formula is C19H20O4. The van der Waals surface area contributed by atoms with Crippen molar-refractivity contribution in [2.75, 3.05) is 21.3 Å². The highest BCUT2D eigenvalue weighted by molar-refractivity contribution is 6.06. The van der Waals surface area contributed by atoms with Gasteiger partial charge in [0.2, 0.25) is 5.75 Å². The lowest BCUT2D eigenvalue weighted by Gasteiger charge is -2.12. The molecule has 0 atom stereocenters. The molecule has 0 aliphatic carbocycles. The number of methoxy groups -OCH3 is 3. The first-order chi connectivity index (χ1) is 11.1. The summed E-state index contributed by atoms with van der Waals surface area (Å²) in [4.78, 5) is 12.2. The van der Waals surface area contributed by atoms with E-state index in [1.165, 1.54) is 6.08 Å². The monoisotopic (exact) mass is 312 g/mol. The highest BCUT2D eigenvalue weighted by Gasteiger charge is 2.12. The van der Waals surface area contributed by atoms with E-state index in [9.17, 15) is 4.79 Å². The Labute approximate surface area is 136 Å². The number of ether oxygens (including phenoxy) is 3. The van der Waals surface area contributed by atoms with Gasteiger partial charge in [-0.3, -0.25) is 4.79 Å². The Kier molecular flexibility index (Phi) is 5.41. The molecule has 0 heterocycles. The Morgan fingerprint density at radius 3 is 1.96 bits per heavy atom. The van der Waals surface area contributed by atoms with Gasteiger partial charge >= 0.3 is 0 Å². The highest BCUT2D eigenvalue weighted by atomic mass is 16.5. The van der Waals surface area contributed by atoms with Crippen molar-refractivity contribution < 1.29 is 19.0 Å². The van der Waals surface area contributed by atoms with Crippen LogP contribution < -0.4 is 14.2 Å². The first kappa shape index (κ1) is 16.6. The lowest BCUT2D eigenvalue weighted by molar-refractivity contribution is 0.104. The zero-order valence-corrected chi connectivity index (χ0v) is 13.8. The SMILES string of the molecule is COc1cc(C=CC(=O)c2ccc(C)cc2)cc(OC)c1OC. The van der Waals surface area contributed by atoms with Crippen LogP contribution in [0.3, 0.4) is 0 Å². The number of ketones is 1. The first-order valence-electron chi connectivity index (χ1n) is 7.18. The van der Waals surface area contributed by atoms with Gasteiger partial charge in [-0.1, -0.05) is 35.9 Å². The zero-order valence-electron chi connectivity index (χ0n) is 13.8. The number of aryl methyl sites for hydroxylation is 1. The molecule has 0 amide bonds. The summed E-state index contributed by atoms with van der Waals surface area (Å²) in [5.41, 5.74) is 2.56. The third kappa shape index (κ3) is 3.92. The fourth-order valence-electron chi connectivity index (χ4n) is 2.18. The first-order valence-corrected chi connectivity index (χ1v) is 7.18. The van der Waals surface area contributed by atoms with Gasteiger partial charge in [0.05, 0.1) is 21.3 Å². The van der Waals surface area contributed by atoms with Gasteiger partial charge in [-0.2, -0.15) is 0 Å². The minimum absolute atomic E-state index is 0.0567. The van der Waals surface area contributed by atoms with Crippen LogP contribution in [0.1, 0.15) is 21.5 Å². The lowest BCUT2D eigenvalue weighted by Crippen LogP contribution is -1.96. The summed E-state index contributed by atoms with van der Waals surface area (Å²) >= 11 is 0. The minimum atomic E-state index is -0.0567. The van der Waals surface area contributed by atoms with Crippen molar-refractivity contribution in [1.82, 2.24) is 0 Å². The van der Waals surface area contributed by atoms with Crippen molar-refractivity contribution in [3.8, 4) is 17.2 Å². The number of hydrogen-bond acceptors (Lipinski definition) is 4. The fourth-order valence-corrected chi connectivity index (χ4v) is 2.18. The standard InChI is InChI=1S/C19H20O4/c1-13-5-8-15(9-6-13)16(20)10-7-14-11-17(21-2)19(23-4)18(12-14)22-3/h5-12H,1-4H3. The van der Waals surface area contributed by atoms with Gasteiger partial charge in [-0.25, -0.2) is 0 Å². The van der Waals surface area contributed by atoms with E-state index in [1.54, 1.807) is 39.5 Å². The second-order valence-corrected chi connectivity index (χ2v) is 5.02. The molecule has 0 saturated carbocycles. The fraction of sp³-hybridized carbons (Fsp3) is 0.211. The van der Waals surface area contributed by atoms with Gasteiger partial charge in [-0.15, -0.1) is 0 Å². The van der Waals surface area contributed by atoms with Crippen molar-refractivity contribution in [3.05, 3.63) is 59.2 Å². The van der Waals surface area contributed by atoms with Crippen LogP contribution in [0.25, 0.3) is 6.08 Å². The lowest BCUT2D eigenvalue weighted by atomic mass is 10.1. The molecule has 0 spiro atoms. The summed E-state index contributed by atoms with van der Waals surface area (Å²) in [5.74, 6) is 1.57. The van der Waals surface area contributed by atoms with Crippen molar-refractivity contribution in [2.24, 2.45) is 0 Å². The van der Waals surface area contributed by atoms with Crippen molar-refractivity contribution in [1.29, 1.82) is 0 Å². The summed E-state index contributed by atoms with van der Waals surface area (Å²) in [6.07, 6.45) is 3.26. The maximum absolute atomic E-state index is 12.2. The Morgan fingerprint density at radius 1 is 0.913 bits per heavy atom. The predicted octanol–water partition coefficient (Wildman–Crippen LogP) is 3.92. The third-order valence-corrected chi connectivity index (χ3v) is 3.45. The molecule has 4 nitrogen and oxygen atoms in total. The maximum Gasteiger partial charge on any atom is 0.203 e. The van der Waals surface area contributed by atoms with Gasteiger partial charge < -0.3 is 14.2 Å². The highest BCUT2D eigenvalue weighted by Crippen LogP contribution is 2.38. The molecule has 4 heteroatoms. The van der Waals surface area contributed by atoms with E-state index in [4.69, 9.17) is 14.2 Å². The topological polar surface area (TPSA) is 44.8 Å². The molecule has 0 N–H and O–H groups in total. The molecule has 0 aliphatic heterocycles. The van der Waals surface area contributed by atoms with Crippen LogP contribution in [0.5, 0.6) is 17.2 Å². The number of benzene rings is 2. The third-order valence-electron chi connectivity index (χ3n) is 3.45. The minimum Gasteiger partial charge on any atom is -0.493 e. The molecule has 0 bridgehead atoms. The zero-order chi connectivity index (χ0) is 16.8. The molecule has 0 unspecified atom stereocenters. The van der Waals surface area contributed by atoms with Crippen LogP contribution in [0.2, 0.25) is 0 Å². The van der Waals surface area contributed by atoms with Crippen molar-refractivity contribution in [2.45, 2.75) is 6.92 Å². The summed E-state index contributed by atoms with van der Waals surface area (Å²) in [7, 11) is 4.67. The van der Waals surface area contributed by atoms with E-state index in [-0.39, 0.29) is 5.78 Å². The molecule has 0 fully saturated rings. The Bertz CT molecular complexity index is 690. The van der Waals surface area contributed by atoms with Gasteiger partial charge in [0.25, 0.3) is 0 Å². The van der Waals surface area contributed by atoms with Crippen LogP contribution >= 0.6 is 0 Å². The van der Waals surface area contributed by atoms with E-state index in [2.05, 4.69) is 0 Å². The predicted molar refractivity (Wildman–Crippen MR) is 90.6 cm³/mol. The Morgan fingerprint density at radius 2 is 1.48 bits per heavy atom. The van der Waals surface area contributed by atoms with Gasteiger partial charge in [0.15, 0.2) is 17.3 Å². The summed E-state index contributed by atoms with van der Waals surface area (Å²) in [6.45, 7) is 1.99. The van der Waals surface area contributed by atoms with Crippen molar-refractivity contribution in [3.63, 3.8) is 0 Å². The largest absolute Gasteiger partial charge is 0.493 e. The summed E-state index contributed by atoms with van der Waals surface area (Å²) in [6, 6.07) is 11.1. The van der Waals surface area contributed by atoms with Crippen molar-refractivity contribution >= 4 is 11.9 Å². The van der Waals surface area contributed by atoms with Crippen LogP contribution in [0.15, 0.2) is 42.5 Å². The number of allylic oxidation sites excluding steroid dienone is 1. The maximum atomic E-state index is 12.2. The smallest absolute Gasteiger partial charge is 0.203 e. The molecular weight excluding hydrogens is 292 g/mol. The molecule has 0 radical (unpaired) electrons. The Balaban J connectivity index is 2.28. The molecule has 2 aromatic rings. The summed E-state index contributed by atoms with van der Waals surface area (Å²) < 4.78 is 15.9. The second kappa shape index (κ2) is 7.49. The van der Waals surface area contributed by atoms with E-state index >= 15 is 0 Å². The number of hydrogen-bond donors (Lipinski definition) is 0.